The second kappa shape index (κ2) is 30.5. The van der Waals surface area contributed by atoms with Gasteiger partial charge in [0.05, 0.1) is 0 Å². The molecule has 0 aromatic carbocycles. The SMILES string of the molecule is CCCCCCCCCCCCCCCC(=O)OC(CCCCC)CCCCCCCCCCCC(=O)O. The molecule has 1 N–H and O–H groups in total. The first-order valence-electron chi connectivity index (χ1n) is 17.0. The molecule has 1 atom stereocenters. The minimum atomic E-state index is -0.678. The summed E-state index contributed by atoms with van der Waals surface area (Å²) in [7, 11) is 0. The first-order valence-corrected chi connectivity index (χ1v) is 17.0. The Kier molecular flexibility index (Phi) is 29.6. The van der Waals surface area contributed by atoms with Crippen molar-refractivity contribution in [1.82, 2.24) is 0 Å². The minimum absolute atomic E-state index is 0.0254. The number of rotatable bonds is 31. The van der Waals surface area contributed by atoms with Crippen LogP contribution >= 0.6 is 0 Å². The molecule has 0 bridgehead atoms. The van der Waals surface area contributed by atoms with Crippen LogP contribution in [0.1, 0.15) is 200 Å². The van der Waals surface area contributed by atoms with Crippen molar-refractivity contribution < 1.29 is 19.4 Å². The molecule has 0 fully saturated rings. The molecule has 0 aliphatic carbocycles. The summed E-state index contributed by atoms with van der Waals surface area (Å²) in [4.78, 5) is 23.0. The van der Waals surface area contributed by atoms with Crippen molar-refractivity contribution in [1.29, 1.82) is 0 Å². The van der Waals surface area contributed by atoms with E-state index in [0.717, 1.165) is 57.8 Å². The molecule has 4 nitrogen and oxygen atoms in total. The van der Waals surface area contributed by atoms with Crippen LogP contribution in [0.15, 0.2) is 0 Å². The van der Waals surface area contributed by atoms with E-state index in [2.05, 4.69) is 13.8 Å². The van der Waals surface area contributed by atoms with Gasteiger partial charge in [-0.25, -0.2) is 0 Å². The van der Waals surface area contributed by atoms with Crippen molar-refractivity contribution in [2.45, 2.75) is 206 Å². The zero-order valence-corrected chi connectivity index (χ0v) is 25.8. The molecule has 0 heterocycles. The fourth-order valence-electron chi connectivity index (χ4n) is 5.30. The van der Waals surface area contributed by atoms with Crippen molar-refractivity contribution in [3.8, 4) is 0 Å². The van der Waals surface area contributed by atoms with Gasteiger partial charge in [0.1, 0.15) is 6.10 Å². The van der Waals surface area contributed by atoms with Crippen LogP contribution in [0.25, 0.3) is 0 Å². The monoisotopic (exact) mass is 538 g/mol. The van der Waals surface area contributed by atoms with Gasteiger partial charge in [-0.05, 0) is 38.5 Å². The summed E-state index contributed by atoms with van der Waals surface area (Å²) in [5.74, 6) is -0.652. The Balaban J connectivity index is 3.73. The molecule has 0 radical (unpaired) electrons. The van der Waals surface area contributed by atoms with Gasteiger partial charge in [0.15, 0.2) is 0 Å². The Morgan fingerprint density at radius 3 is 1.21 bits per heavy atom. The molecule has 0 aliphatic rings. The Hall–Kier alpha value is -1.06. The van der Waals surface area contributed by atoms with Crippen molar-refractivity contribution >= 4 is 11.9 Å². The summed E-state index contributed by atoms with van der Waals surface area (Å²) >= 11 is 0. The minimum Gasteiger partial charge on any atom is -0.481 e. The van der Waals surface area contributed by atoms with Gasteiger partial charge in [-0.15, -0.1) is 0 Å². The molecule has 0 aromatic rings. The zero-order chi connectivity index (χ0) is 27.9. The maximum atomic E-state index is 12.5. The highest BCUT2D eigenvalue weighted by Crippen LogP contribution is 2.18. The van der Waals surface area contributed by atoms with E-state index >= 15 is 0 Å². The van der Waals surface area contributed by atoms with Gasteiger partial charge in [-0.2, -0.15) is 0 Å². The summed E-state index contributed by atoms with van der Waals surface area (Å²) < 4.78 is 5.92. The third-order valence-electron chi connectivity index (χ3n) is 7.83. The van der Waals surface area contributed by atoms with E-state index in [9.17, 15) is 9.59 Å². The van der Waals surface area contributed by atoms with Gasteiger partial charge in [-0.3, -0.25) is 9.59 Å². The second-order valence-corrected chi connectivity index (χ2v) is 11.7. The molecular formula is C34H66O4. The van der Waals surface area contributed by atoms with Crippen LogP contribution in [0.4, 0.5) is 0 Å². The third-order valence-corrected chi connectivity index (χ3v) is 7.83. The topological polar surface area (TPSA) is 63.6 Å². The fourth-order valence-corrected chi connectivity index (χ4v) is 5.30. The maximum Gasteiger partial charge on any atom is 0.306 e. The fraction of sp³-hybridized carbons (Fsp3) is 0.941. The molecule has 0 rings (SSSR count). The van der Waals surface area contributed by atoms with Crippen LogP contribution in [-0.2, 0) is 14.3 Å². The highest BCUT2D eigenvalue weighted by molar-refractivity contribution is 5.69. The lowest BCUT2D eigenvalue weighted by molar-refractivity contribution is -0.150. The van der Waals surface area contributed by atoms with Crippen LogP contribution in [-0.4, -0.2) is 23.1 Å². The molecule has 0 aromatic heterocycles. The van der Waals surface area contributed by atoms with Crippen LogP contribution in [0.5, 0.6) is 0 Å². The van der Waals surface area contributed by atoms with Crippen LogP contribution in [0.3, 0.4) is 0 Å². The average Bonchev–Trinajstić information content (AvgIpc) is 2.89. The van der Waals surface area contributed by atoms with Gasteiger partial charge < -0.3 is 9.84 Å². The summed E-state index contributed by atoms with van der Waals surface area (Å²) in [6.45, 7) is 4.50. The van der Waals surface area contributed by atoms with Gasteiger partial charge in [0.25, 0.3) is 0 Å². The summed E-state index contributed by atoms with van der Waals surface area (Å²) in [6.07, 6.45) is 34.2. The predicted octanol–water partition coefficient (Wildman–Crippen LogP) is 11.3. The molecule has 1 unspecified atom stereocenters. The van der Waals surface area contributed by atoms with E-state index in [1.165, 1.54) is 116 Å². The average molecular weight is 539 g/mol. The lowest BCUT2D eigenvalue weighted by Gasteiger charge is -2.18. The molecule has 0 amide bonds. The first-order chi connectivity index (χ1) is 18.6. The summed E-state index contributed by atoms with van der Waals surface area (Å²) in [6, 6.07) is 0. The van der Waals surface area contributed by atoms with Crippen molar-refractivity contribution in [2.24, 2.45) is 0 Å². The predicted molar refractivity (Wildman–Crippen MR) is 163 cm³/mol. The van der Waals surface area contributed by atoms with Crippen LogP contribution < -0.4 is 0 Å². The largest absolute Gasteiger partial charge is 0.481 e. The molecule has 38 heavy (non-hydrogen) atoms. The van der Waals surface area contributed by atoms with Crippen LogP contribution in [0.2, 0.25) is 0 Å². The van der Waals surface area contributed by atoms with E-state index in [4.69, 9.17) is 9.84 Å². The zero-order valence-electron chi connectivity index (χ0n) is 25.8. The Morgan fingerprint density at radius 1 is 0.474 bits per heavy atom. The van der Waals surface area contributed by atoms with E-state index in [1.807, 2.05) is 0 Å². The molecule has 226 valence electrons. The van der Waals surface area contributed by atoms with Crippen molar-refractivity contribution in [3.63, 3.8) is 0 Å². The number of carboxylic acid groups (broad SMARTS) is 1. The smallest absolute Gasteiger partial charge is 0.306 e. The van der Waals surface area contributed by atoms with E-state index in [-0.39, 0.29) is 12.1 Å². The quantitative estimate of drug-likeness (QED) is 0.0704. The number of unbranched alkanes of at least 4 members (excludes halogenated alkanes) is 22. The highest BCUT2D eigenvalue weighted by atomic mass is 16.5. The standard InChI is InChI=1S/C34H66O4/c1-3-5-7-8-9-10-11-12-13-17-20-23-27-31-34(37)38-32(28-24-6-4-2)29-25-21-18-15-14-16-19-22-26-30-33(35)36/h32H,3-31H2,1-2H3,(H,35,36). The molecule has 0 saturated carbocycles. The first kappa shape index (κ1) is 36.9. The molecular weight excluding hydrogens is 472 g/mol. The number of ether oxygens (including phenoxy) is 1. The number of carboxylic acids is 1. The number of aliphatic carboxylic acids is 1. The third kappa shape index (κ3) is 29.5. The van der Waals surface area contributed by atoms with Gasteiger partial charge >= 0.3 is 11.9 Å². The number of carbonyl (C=O) groups is 2. The number of hydrogen-bond donors (Lipinski definition) is 1. The lowest BCUT2D eigenvalue weighted by Crippen LogP contribution is -2.18. The second-order valence-electron chi connectivity index (χ2n) is 11.7. The molecule has 0 aliphatic heterocycles. The van der Waals surface area contributed by atoms with E-state index < -0.39 is 5.97 Å². The summed E-state index contributed by atoms with van der Waals surface area (Å²) in [5, 5.41) is 8.67. The van der Waals surface area contributed by atoms with E-state index in [0.29, 0.717) is 12.8 Å². The normalized spacial score (nSPS) is 12.1. The molecule has 0 spiro atoms. The van der Waals surface area contributed by atoms with Crippen molar-refractivity contribution in [3.05, 3.63) is 0 Å². The molecule has 0 saturated heterocycles. The van der Waals surface area contributed by atoms with Crippen LogP contribution in [0, 0.1) is 0 Å². The summed E-state index contributed by atoms with van der Waals surface area (Å²) in [5.41, 5.74) is 0. The molecule has 4 heteroatoms. The number of hydrogen-bond acceptors (Lipinski definition) is 3. The van der Waals surface area contributed by atoms with E-state index in [1.54, 1.807) is 0 Å². The Labute approximate surface area is 237 Å². The van der Waals surface area contributed by atoms with Gasteiger partial charge in [0.2, 0.25) is 0 Å². The maximum absolute atomic E-state index is 12.5. The van der Waals surface area contributed by atoms with Crippen molar-refractivity contribution in [2.75, 3.05) is 0 Å². The highest BCUT2D eigenvalue weighted by Gasteiger charge is 2.14. The van der Waals surface area contributed by atoms with Gasteiger partial charge in [-0.1, -0.05) is 149 Å². The Bertz CT molecular complexity index is 505. The number of esters is 1. The number of carbonyl (C=O) groups excluding carboxylic acids is 1. The Morgan fingerprint density at radius 2 is 0.789 bits per heavy atom. The lowest BCUT2D eigenvalue weighted by atomic mass is 10.0. The van der Waals surface area contributed by atoms with Gasteiger partial charge in [0, 0.05) is 12.8 Å².